The highest BCUT2D eigenvalue weighted by atomic mass is 32.1. The molecule has 2 rings (SSSR count). The van der Waals surface area contributed by atoms with E-state index in [1.807, 2.05) is 0 Å². The van der Waals surface area contributed by atoms with Gasteiger partial charge >= 0.3 is 5.97 Å². The van der Waals surface area contributed by atoms with E-state index in [1.165, 1.54) is 17.4 Å². The van der Waals surface area contributed by atoms with Gasteiger partial charge in [-0.05, 0) is 19.1 Å². The van der Waals surface area contributed by atoms with E-state index in [-0.39, 0.29) is 11.5 Å². The number of hydrogen-bond acceptors (Lipinski definition) is 5. The van der Waals surface area contributed by atoms with Gasteiger partial charge in [-0.1, -0.05) is 12.1 Å². The molecule has 1 heterocycles. The monoisotopic (exact) mass is 266 g/mol. The van der Waals surface area contributed by atoms with E-state index in [0.717, 1.165) is 0 Å². The van der Waals surface area contributed by atoms with Crippen LogP contribution in [0.5, 0.6) is 0 Å². The Hall–Kier alpha value is -1.95. The Labute approximate surface area is 107 Å². The molecule has 1 aromatic heterocycles. The second-order valence-electron chi connectivity index (χ2n) is 3.36. The van der Waals surface area contributed by atoms with Gasteiger partial charge in [0.25, 0.3) is 0 Å². The lowest BCUT2D eigenvalue weighted by Crippen LogP contribution is -2.05. The number of benzene rings is 1. The molecule has 1 N–H and O–H groups in total. The topological polar surface area (TPSA) is 51.2 Å². The molecule has 18 heavy (non-hydrogen) atoms. The lowest BCUT2D eigenvalue weighted by atomic mass is 10.3. The van der Waals surface area contributed by atoms with E-state index in [4.69, 9.17) is 4.74 Å². The maximum absolute atomic E-state index is 13.4. The summed E-state index contributed by atoms with van der Waals surface area (Å²) in [5.41, 5.74) is 0.544. The number of nitrogens with zero attached hydrogens (tertiary/aromatic N) is 1. The molecule has 2 aromatic rings. The summed E-state index contributed by atoms with van der Waals surface area (Å²) in [5, 5.41) is 4.83. The molecule has 0 atom stereocenters. The number of esters is 1. The molecule has 1 aromatic carbocycles. The van der Waals surface area contributed by atoms with Crippen molar-refractivity contribution >= 4 is 28.1 Å². The summed E-state index contributed by atoms with van der Waals surface area (Å²) in [4.78, 5) is 15.4. The maximum Gasteiger partial charge on any atom is 0.357 e. The molecular formula is C12H11FN2O2S. The van der Waals surface area contributed by atoms with Crippen LogP contribution in [0.1, 0.15) is 17.4 Å². The summed E-state index contributed by atoms with van der Waals surface area (Å²) < 4.78 is 18.2. The number of rotatable bonds is 4. The van der Waals surface area contributed by atoms with Crippen LogP contribution in [0.3, 0.4) is 0 Å². The first-order chi connectivity index (χ1) is 8.70. The van der Waals surface area contributed by atoms with Crippen molar-refractivity contribution in [1.82, 2.24) is 4.98 Å². The number of ether oxygens (including phenoxy) is 1. The van der Waals surface area contributed by atoms with Crippen molar-refractivity contribution in [3.63, 3.8) is 0 Å². The van der Waals surface area contributed by atoms with Crippen molar-refractivity contribution in [3.8, 4) is 0 Å². The molecule has 0 bridgehead atoms. The molecule has 0 unspecified atom stereocenters. The molecule has 0 spiro atoms. The first-order valence-corrected chi connectivity index (χ1v) is 6.23. The Morgan fingerprint density at radius 1 is 1.50 bits per heavy atom. The number of anilines is 2. The van der Waals surface area contributed by atoms with Crippen LogP contribution in [0.2, 0.25) is 0 Å². The normalized spacial score (nSPS) is 10.1. The summed E-state index contributed by atoms with van der Waals surface area (Å²) in [6.07, 6.45) is 0. The largest absolute Gasteiger partial charge is 0.461 e. The van der Waals surface area contributed by atoms with Crippen LogP contribution in [0.15, 0.2) is 29.6 Å². The summed E-state index contributed by atoms with van der Waals surface area (Å²) in [7, 11) is 0. The van der Waals surface area contributed by atoms with E-state index in [0.29, 0.717) is 17.4 Å². The summed E-state index contributed by atoms with van der Waals surface area (Å²) >= 11 is 1.22. The Morgan fingerprint density at radius 2 is 2.28 bits per heavy atom. The third-order valence-electron chi connectivity index (χ3n) is 2.10. The highest BCUT2D eigenvalue weighted by Crippen LogP contribution is 2.23. The summed E-state index contributed by atoms with van der Waals surface area (Å²) in [5.74, 6) is -0.847. The highest BCUT2D eigenvalue weighted by molar-refractivity contribution is 7.14. The molecule has 0 aliphatic heterocycles. The van der Waals surface area contributed by atoms with Crippen molar-refractivity contribution in [2.24, 2.45) is 0 Å². The van der Waals surface area contributed by atoms with Crippen LogP contribution >= 0.6 is 11.3 Å². The van der Waals surface area contributed by atoms with Crippen molar-refractivity contribution < 1.29 is 13.9 Å². The molecule has 0 aliphatic rings. The number of hydrogen-bond donors (Lipinski definition) is 1. The molecule has 0 radical (unpaired) electrons. The Bertz CT molecular complexity index is 557. The summed E-state index contributed by atoms with van der Waals surface area (Å²) in [6, 6.07) is 6.26. The van der Waals surface area contributed by atoms with Crippen molar-refractivity contribution in [2.45, 2.75) is 6.92 Å². The fourth-order valence-corrected chi connectivity index (χ4v) is 2.00. The van der Waals surface area contributed by atoms with Gasteiger partial charge < -0.3 is 10.1 Å². The van der Waals surface area contributed by atoms with Crippen LogP contribution in [-0.4, -0.2) is 17.6 Å². The quantitative estimate of drug-likeness (QED) is 0.863. The molecule has 6 heteroatoms. The number of carbonyl (C=O) groups is 1. The van der Waals surface area contributed by atoms with Gasteiger partial charge in [0, 0.05) is 5.38 Å². The fraction of sp³-hybridized carbons (Fsp3) is 0.167. The number of halogens is 1. The van der Waals surface area contributed by atoms with Gasteiger partial charge in [-0.2, -0.15) is 0 Å². The Balaban J connectivity index is 2.12. The SMILES string of the molecule is CCOC(=O)c1csc(Nc2ccccc2F)n1. The van der Waals surface area contributed by atoms with Crippen molar-refractivity contribution in [3.05, 3.63) is 41.2 Å². The van der Waals surface area contributed by atoms with Gasteiger partial charge in [-0.25, -0.2) is 14.2 Å². The predicted octanol–water partition coefficient (Wildman–Crippen LogP) is 3.20. The molecule has 0 aliphatic carbocycles. The van der Waals surface area contributed by atoms with E-state index in [9.17, 15) is 9.18 Å². The average molecular weight is 266 g/mol. The van der Waals surface area contributed by atoms with Crippen LogP contribution in [0.25, 0.3) is 0 Å². The van der Waals surface area contributed by atoms with Crippen LogP contribution in [-0.2, 0) is 4.74 Å². The fourth-order valence-electron chi connectivity index (χ4n) is 1.31. The second kappa shape index (κ2) is 5.59. The first-order valence-electron chi connectivity index (χ1n) is 5.35. The van der Waals surface area contributed by atoms with Gasteiger partial charge in [0.1, 0.15) is 5.82 Å². The van der Waals surface area contributed by atoms with Crippen molar-refractivity contribution in [1.29, 1.82) is 0 Å². The average Bonchev–Trinajstić information content (AvgIpc) is 2.81. The lowest BCUT2D eigenvalue weighted by Gasteiger charge is -2.02. The number of nitrogens with one attached hydrogen (secondary N) is 1. The molecule has 0 saturated heterocycles. The van der Waals surface area contributed by atoms with Crippen LogP contribution in [0, 0.1) is 5.82 Å². The zero-order chi connectivity index (χ0) is 13.0. The first kappa shape index (κ1) is 12.5. The molecule has 4 nitrogen and oxygen atoms in total. The van der Waals surface area contributed by atoms with Crippen LogP contribution in [0.4, 0.5) is 15.2 Å². The standard InChI is InChI=1S/C12H11FN2O2S/c1-2-17-11(16)10-7-18-12(15-10)14-9-6-4-3-5-8(9)13/h3-7H,2H2,1H3,(H,14,15). The highest BCUT2D eigenvalue weighted by Gasteiger charge is 2.12. The number of aromatic nitrogens is 1. The predicted molar refractivity (Wildman–Crippen MR) is 67.8 cm³/mol. The number of carbonyl (C=O) groups excluding carboxylic acids is 1. The maximum atomic E-state index is 13.4. The molecule has 0 fully saturated rings. The van der Waals surface area contributed by atoms with E-state index in [2.05, 4.69) is 10.3 Å². The van der Waals surface area contributed by atoms with Gasteiger partial charge in [0.05, 0.1) is 12.3 Å². The van der Waals surface area contributed by atoms with E-state index >= 15 is 0 Å². The minimum absolute atomic E-state index is 0.223. The molecule has 0 saturated carbocycles. The smallest absolute Gasteiger partial charge is 0.357 e. The number of thiazole rings is 1. The zero-order valence-electron chi connectivity index (χ0n) is 9.64. The minimum Gasteiger partial charge on any atom is -0.461 e. The number of para-hydroxylation sites is 1. The lowest BCUT2D eigenvalue weighted by molar-refractivity contribution is 0.0520. The second-order valence-corrected chi connectivity index (χ2v) is 4.22. The molecule has 94 valence electrons. The van der Waals surface area contributed by atoms with Gasteiger partial charge in [0.2, 0.25) is 0 Å². The minimum atomic E-state index is -0.477. The summed E-state index contributed by atoms with van der Waals surface area (Å²) in [6.45, 7) is 2.02. The Kier molecular flexibility index (Phi) is 3.88. The third-order valence-corrected chi connectivity index (χ3v) is 2.86. The van der Waals surface area contributed by atoms with Crippen molar-refractivity contribution in [2.75, 3.05) is 11.9 Å². The Morgan fingerprint density at radius 3 is 3.00 bits per heavy atom. The molecular weight excluding hydrogens is 255 g/mol. The van der Waals surface area contributed by atoms with Crippen LogP contribution < -0.4 is 5.32 Å². The van der Waals surface area contributed by atoms with Gasteiger partial charge in [-0.3, -0.25) is 0 Å². The van der Waals surface area contributed by atoms with Gasteiger partial charge in [-0.15, -0.1) is 11.3 Å². The zero-order valence-corrected chi connectivity index (χ0v) is 10.5. The van der Waals surface area contributed by atoms with E-state index < -0.39 is 5.97 Å². The third kappa shape index (κ3) is 2.84. The van der Waals surface area contributed by atoms with E-state index in [1.54, 1.807) is 30.5 Å². The molecule has 0 amide bonds. The van der Waals surface area contributed by atoms with Gasteiger partial charge in [0.15, 0.2) is 10.8 Å².